The van der Waals surface area contributed by atoms with E-state index < -0.39 is 22.0 Å². The number of sulfonamides is 1. The lowest BCUT2D eigenvalue weighted by molar-refractivity contribution is -0.123. The first-order valence-corrected chi connectivity index (χ1v) is 11.1. The molecule has 9 heteroatoms. The zero-order chi connectivity index (χ0) is 22.5. The van der Waals surface area contributed by atoms with E-state index in [1.807, 2.05) is 19.9 Å². The van der Waals surface area contributed by atoms with Gasteiger partial charge in [-0.15, -0.1) is 0 Å². The molecule has 0 radical (unpaired) electrons. The largest absolute Gasteiger partial charge is 0.497 e. The number of ether oxygens (including phenoxy) is 1. The Labute approximate surface area is 177 Å². The predicted octanol–water partition coefficient (Wildman–Crippen LogP) is 2.01. The van der Waals surface area contributed by atoms with Crippen molar-refractivity contribution in [3.8, 4) is 5.75 Å². The molecule has 2 rings (SSSR count). The highest BCUT2D eigenvalue weighted by molar-refractivity contribution is 7.89. The molecule has 30 heavy (non-hydrogen) atoms. The normalized spacial score (nSPS) is 12.6. The third-order valence-corrected chi connectivity index (χ3v) is 6.11. The van der Waals surface area contributed by atoms with Crippen LogP contribution in [0.3, 0.4) is 0 Å². The molecule has 0 aliphatic heterocycles. The van der Waals surface area contributed by atoms with E-state index in [9.17, 15) is 18.0 Å². The maximum atomic E-state index is 12.8. The molecule has 0 aliphatic carbocycles. The molecule has 0 saturated carbocycles. The minimum absolute atomic E-state index is 0.0130. The van der Waals surface area contributed by atoms with E-state index >= 15 is 0 Å². The molecular formula is C21H29N3O5S. The summed E-state index contributed by atoms with van der Waals surface area (Å²) in [4.78, 5) is 27.7. The van der Waals surface area contributed by atoms with E-state index in [1.165, 1.54) is 19.2 Å². The van der Waals surface area contributed by atoms with E-state index in [4.69, 9.17) is 4.74 Å². The third-order valence-electron chi connectivity index (χ3n) is 4.62. The number of benzene rings is 1. The summed E-state index contributed by atoms with van der Waals surface area (Å²) in [7, 11) is -2.42. The Morgan fingerprint density at radius 3 is 2.33 bits per heavy atom. The van der Waals surface area contributed by atoms with Crippen LogP contribution in [0.2, 0.25) is 0 Å². The van der Waals surface area contributed by atoms with Gasteiger partial charge in [-0.25, -0.2) is 8.42 Å². The van der Waals surface area contributed by atoms with Crippen molar-refractivity contribution in [2.24, 2.45) is 5.92 Å². The van der Waals surface area contributed by atoms with Crippen molar-refractivity contribution in [1.29, 1.82) is 0 Å². The van der Waals surface area contributed by atoms with Gasteiger partial charge in [-0.1, -0.05) is 13.8 Å². The number of hydrogen-bond acceptors (Lipinski definition) is 5. The van der Waals surface area contributed by atoms with Gasteiger partial charge in [0.2, 0.25) is 15.9 Å². The number of carbonyl (C=O) groups is 1. The second-order valence-corrected chi connectivity index (χ2v) is 9.35. The Balaban J connectivity index is 2.18. The Morgan fingerprint density at radius 2 is 1.80 bits per heavy atom. The van der Waals surface area contributed by atoms with Crippen LogP contribution in [0.4, 0.5) is 0 Å². The first-order valence-electron chi connectivity index (χ1n) is 9.67. The molecule has 0 unspecified atom stereocenters. The summed E-state index contributed by atoms with van der Waals surface area (Å²) in [5.74, 6) is 0.119. The number of methoxy groups -OCH3 is 1. The lowest BCUT2D eigenvalue weighted by Gasteiger charge is -2.20. The van der Waals surface area contributed by atoms with Crippen molar-refractivity contribution < 1.29 is 17.9 Å². The Bertz CT molecular complexity index is 1040. The number of amides is 1. The number of rotatable bonds is 9. The van der Waals surface area contributed by atoms with Gasteiger partial charge in [0.1, 0.15) is 11.8 Å². The smallest absolute Gasteiger partial charge is 0.253 e. The summed E-state index contributed by atoms with van der Waals surface area (Å²) in [5, 5.41) is 2.69. The average molecular weight is 436 g/mol. The van der Waals surface area contributed by atoms with Crippen LogP contribution in [0.5, 0.6) is 5.75 Å². The van der Waals surface area contributed by atoms with Crippen molar-refractivity contribution in [2.75, 3.05) is 7.11 Å². The zero-order valence-electron chi connectivity index (χ0n) is 17.9. The monoisotopic (exact) mass is 435 g/mol. The quantitative estimate of drug-likeness (QED) is 0.557. The van der Waals surface area contributed by atoms with E-state index in [0.29, 0.717) is 17.7 Å². The number of aryl methyl sites for hydroxylation is 2. The minimum Gasteiger partial charge on any atom is -0.497 e. The molecule has 0 saturated heterocycles. The van der Waals surface area contributed by atoms with Gasteiger partial charge >= 0.3 is 0 Å². The number of aromatic amines is 1. The van der Waals surface area contributed by atoms with Crippen molar-refractivity contribution in [3.05, 3.63) is 57.5 Å². The van der Waals surface area contributed by atoms with Crippen LogP contribution < -0.4 is 20.3 Å². The maximum absolute atomic E-state index is 12.8. The molecule has 0 spiro atoms. The molecule has 0 fully saturated rings. The molecule has 1 aromatic heterocycles. The maximum Gasteiger partial charge on any atom is 0.253 e. The van der Waals surface area contributed by atoms with Gasteiger partial charge in [0, 0.05) is 17.8 Å². The molecule has 1 atom stereocenters. The molecular weight excluding hydrogens is 406 g/mol. The zero-order valence-corrected chi connectivity index (χ0v) is 18.7. The fraction of sp³-hybridized carbons (Fsp3) is 0.429. The summed E-state index contributed by atoms with van der Waals surface area (Å²) in [5.41, 5.74) is 1.66. The number of hydrogen-bond donors (Lipinski definition) is 3. The van der Waals surface area contributed by atoms with Crippen LogP contribution in [0.15, 0.2) is 40.0 Å². The van der Waals surface area contributed by atoms with Gasteiger partial charge in [0.25, 0.3) is 5.56 Å². The van der Waals surface area contributed by atoms with Crippen LogP contribution >= 0.6 is 0 Å². The molecule has 8 nitrogen and oxygen atoms in total. The SMILES string of the molecule is COc1ccc(S(=O)(=O)N[C@H](CC(C)C)C(=O)NCc2c(C)cc(C)[nH]c2=O)cc1. The summed E-state index contributed by atoms with van der Waals surface area (Å²) in [6.07, 6.45) is 0.310. The lowest BCUT2D eigenvalue weighted by atomic mass is 10.0. The summed E-state index contributed by atoms with van der Waals surface area (Å²) in [6.45, 7) is 7.39. The molecule has 0 bridgehead atoms. The highest BCUT2D eigenvalue weighted by Gasteiger charge is 2.26. The van der Waals surface area contributed by atoms with Gasteiger partial charge in [-0.3, -0.25) is 9.59 Å². The van der Waals surface area contributed by atoms with Crippen LogP contribution in [0, 0.1) is 19.8 Å². The van der Waals surface area contributed by atoms with Crippen LogP contribution in [0.25, 0.3) is 0 Å². The molecule has 2 aromatic rings. The molecule has 3 N–H and O–H groups in total. The highest BCUT2D eigenvalue weighted by Crippen LogP contribution is 2.17. The van der Waals surface area contributed by atoms with Crippen molar-refractivity contribution in [3.63, 3.8) is 0 Å². The Morgan fingerprint density at radius 1 is 1.17 bits per heavy atom. The minimum atomic E-state index is -3.91. The number of carbonyl (C=O) groups excluding carboxylic acids is 1. The standard InChI is InChI=1S/C21H29N3O5S/c1-13(2)10-19(24-30(27,28)17-8-6-16(29-5)7-9-17)21(26)22-12-18-14(3)11-15(4)23-20(18)25/h6-9,11,13,19,24H,10,12H2,1-5H3,(H,22,26)(H,23,25)/t19-/m1/s1. The molecule has 0 aliphatic rings. The van der Waals surface area contributed by atoms with E-state index in [1.54, 1.807) is 26.0 Å². The number of H-pyrrole nitrogens is 1. The molecule has 164 valence electrons. The molecule has 1 heterocycles. The second kappa shape index (κ2) is 9.90. The van der Waals surface area contributed by atoms with Crippen molar-refractivity contribution in [1.82, 2.24) is 15.0 Å². The van der Waals surface area contributed by atoms with Crippen LogP contribution in [-0.2, 0) is 21.4 Å². The van der Waals surface area contributed by atoms with Crippen molar-refractivity contribution >= 4 is 15.9 Å². The predicted molar refractivity (Wildman–Crippen MR) is 115 cm³/mol. The van der Waals surface area contributed by atoms with Crippen LogP contribution in [0.1, 0.15) is 37.1 Å². The summed E-state index contributed by atoms with van der Waals surface area (Å²) >= 11 is 0. The Kier molecular flexibility index (Phi) is 7.80. The van der Waals surface area contributed by atoms with Crippen LogP contribution in [-0.4, -0.2) is 32.5 Å². The average Bonchev–Trinajstić information content (AvgIpc) is 2.66. The van der Waals surface area contributed by atoms with Crippen molar-refractivity contribution in [2.45, 2.75) is 51.6 Å². The lowest BCUT2D eigenvalue weighted by Crippen LogP contribution is -2.47. The van der Waals surface area contributed by atoms with Gasteiger partial charge in [0.05, 0.1) is 12.0 Å². The molecule has 1 aromatic carbocycles. The number of aromatic nitrogens is 1. The van der Waals surface area contributed by atoms with Gasteiger partial charge < -0.3 is 15.0 Å². The highest BCUT2D eigenvalue weighted by atomic mass is 32.2. The van der Waals surface area contributed by atoms with E-state index in [-0.39, 0.29) is 22.9 Å². The fourth-order valence-corrected chi connectivity index (χ4v) is 4.30. The van der Waals surface area contributed by atoms with Gasteiger partial charge in [-0.05, 0) is 62.1 Å². The van der Waals surface area contributed by atoms with E-state index in [2.05, 4.69) is 15.0 Å². The first-order chi connectivity index (χ1) is 14.0. The number of nitrogens with one attached hydrogen (secondary N) is 3. The van der Waals surface area contributed by atoms with E-state index in [0.717, 1.165) is 11.3 Å². The summed E-state index contributed by atoms with van der Waals surface area (Å²) < 4.78 is 33.1. The fourth-order valence-electron chi connectivity index (χ4n) is 3.09. The molecule has 1 amide bonds. The van der Waals surface area contributed by atoms with Gasteiger partial charge in [-0.2, -0.15) is 4.72 Å². The number of pyridine rings is 1. The second-order valence-electron chi connectivity index (χ2n) is 7.64. The first kappa shape index (κ1) is 23.6. The summed E-state index contributed by atoms with van der Waals surface area (Å²) in [6, 6.07) is 6.77. The topological polar surface area (TPSA) is 117 Å². The third kappa shape index (κ3) is 6.17. The Hall–Kier alpha value is -2.65. The van der Waals surface area contributed by atoms with Gasteiger partial charge in [0.15, 0.2) is 0 Å².